The molecule has 74 valence electrons. The van der Waals surface area contributed by atoms with Gasteiger partial charge in [0.15, 0.2) is 0 Å². The minimum absolute atomic E-state index is 0.351. The maximum atomic E-state index is 11.2. The van der Waals surface area contributed by atoms with Crippen LogP contribution >= 0.6 is 12.2 Å². The van der Waals surface area contributed by atoms with Crippen LogP contribution < -0.4 is 5.32 Å². The number of ether oxygens (including phenoxy) is 1. The quantitative estimate of drug-likeness (QED) is 0.599. The maximum absolute atomic E-state index is 11.2. The molecule has 4 heteroatoms. The molecule has 0 saturated heterocycles. The van der Waals surface area contributed by atoms with Crippen LogP contribution in [-0.2, 0) is 4.74 Å². The predicted octanol–water partition coefficient (Wildman–Crippen LogP) is 2.23. The topological polar surface area (TPSA) is 38.3 Å². The average molecular weight is 209 g/mol. The fourth-order valence-electron chi connectivity index (χ4n) is 1.05. The lowest BCUT2D eigenvalue weighted by atomic mass is 10.2. The Kier molecular flexibility index (Phi) is 3.59. The van der Waals surface area contributed by atoms with E-state index in [4.69, 9.17) is 12.2 Å². The van der Waals surface area contributed by atoms with Gasteiger partial charge in [0, 0.05) is 5.69 Å². The van der Waals surface area contributed by atoms with Crippen LogP contribution in [0.15, 0.2) is 24.3 Å². The Labute approximate surface area is 88.1 Å². The van der Waals surface area contributed by atoms with Gasteiger partial charge in [-0.3, -0.25) is 0 Å². The van der Waals surface area contributed by atoms with Crippen LogP contribution in [-0.4, -0.2) is 18.1 Å². The molecule has 0 atom stereocenters. The first kappa shape index (κ1) is 10.7. The van der Waals surface area contributed by atoms with Gasteiger partial charge in [0.05, 0.1) is 17.7 Å². The van der Waals surface area contributed by atoms with E-state index < -0.39 is 0 Å². The van der Waals surface area contributed by atoms with E-state index in [1.54, 1.807) is 25.1 Å². The van der Waals surface area contributed by atoms with Gasteiger partial charge in [-0.15, -0.1) is 0 Å². The first-order valence-corrected chi connectivity index (χ1v) is 4.50. The van der Waals surface area contributed by atoms with Gasteiger partial charge in [0.2, 0.25) is 0 Å². The molecule has 0 saturated carbocycles. The number of anilines is 1. The monoisotopic (exact) mass is 209 g/mol. The summed E-state index contributed by atoms with van der Waals surface area (Å²) in [6.45, 7) is 1.78. The minimum atomic E-state index is -0.351. The van der Waals surface area contributed by atoms with Gasteiger partial charge in [0.25, 0.3) is 0 Å². The van der Waals surface area contributed by atoms with E-state index in [0.717, 1.165) is 5.69 Å². The molecule has 0 heterocycles. The van der Waals surface area contributed by atoms with Crippen molar-refractivity contribution < 1.29 is 9.53 Å². The zero-order chi connectivity index (χ0) is 10.6. The summed E-state index contributed by atoms with van der Waals surface area (Å²) in [5.41, 5.74) is 1.30. The lowest BCUT2D eigenvalue weighted by Gasteiger charge is -2.05. The zero-order valence-corrected chi connectivity index (χ0v) is 8.85. The third kappa shape index (κ3) is 2.81. The Morgan fingerprint density at radius 3 is 2.79 bits per heavy atom. The van der Waals surface area contributed by atoms with Crippen molar-refractivity contribution in [3.63, 3.8) is 0 Å². The molecule has 0 spiro atoms. The average Bonchev–Trinajstić information content (AvgIpc) is 2.16. The summed E-state index contributed by atoms with van der Waals surface area (Å²) in [4.78, 5) is 11.8. The summed E-state index contributed by atoms with van der Waals surface area (Å²) < 4.78 is 4.60. The molecule has 1 aromatic rings. The number of hydrogen-bond donors (Lipinski definition) is 1. The van der Waals surface area contributed by atoms with E-state index >= 15 is 0 Å². The first-order chi connectivity index (χ1) is 6.63. The van der Waals surface area contributed by atoms with E-state index in [1.807, 2.05) is 6.07 Å². The number of esters is 1. The SMILES string of the molecule is COC(=O)c1cccc(NC(C)=S)c1. The van der Waals surface area contributed by atoms with Crippen molar-refractivity contribution in [3.8, 4) is 0 Å². The van der Waals surface area contributed by atoms with E-state index in [-0.39, 0.29) is 5.97 Å². The van der Waals surface area contributed by atoms with Crippen LogP contribution in [0, 0.1) is 0 Å². The van der Waals surface area contributed by atoms with Crippen molar-refractivity contribution >= 4 is 28.9 Å². The molecule has 3 nitrogen and oxygen atoms in total. The Balaban J connectivity index is 2.89. The van der Waals surface area contributed by atoms with E-state index in [2.05, 4.69) is 10.1 Å². The smallest absolute Gasteiger partial charge is 0.337 e. The Morgan fingerprint density at radius 1 is 1.50 bits per heavy atom. The molecular formula is C10H11NO2S. The van der Waals surface area contributed by atoms with Crippen LogP contribution in [0.1, 0.15) is 17.3 Å². The fourth-order valence-corrected chi connectivity index (χ4v) is 1.16. The summed E-state index contributed by atoms with van der Waals surface area (Å²) >= 11 is 4.89. The molecule has 1 rings (SSSR count). The molecule has 1 N–H and O–H groups in total. The number of carbonyl (C=O) groups excluding carboxylic acids is 1. The van der Waals surface area contributed by atoms with Crippen LogP contribution in [0.4, 0.5) is 5.69 Å². The normalized spacial score (nSPS) is 9.29. The summed E-state index contributed by atoms with van der Waals surface area (Å²) in [7, 11) is 1.35. The number of hydrogen-bond acceptors (Lipinski definition) is 3. The molecule has 0 aromatic heterocycles. The van der Waals surface area contributed by atoms with Gasteiger partial charge >= 0.3 is 5.97 Å². The second-order valence-corrected chi connectivity index (χ2v) is 3.37. The van der Waals surface area contributed by atoms with Gasteiger partial charge in [-0.25, -0.2) is 4.79 Å². The number of nitrogens with one attached hydrogen (secondary N) is 1. The highest BCUT2D eigenvalue weighted by molar-refractivity contribution is 7.80. The molecule has 0 aliphatic heterocycles. The Hall–Kier alpha value is -1.42. The highest BCUT2D eigenvalue weighted by Gasteiger charge is 2.04. The second-order valence-electron chi connectivity index (χ2n) is 2.75. The molecule has 0 bridgehead atoms. The van der Waals surface area contributed by atoms with Crippen LogP contribution in [0.25, 0.3) is 0 Å². The van der Waals surface area contributed by atoms with Gasteiger partial charge < -0.3 is 10.1 Å². The van der Waals surface area contributed by atoms with E-state index in [9.17, 15) is 4.79 Å². The second kappa shape index (κ2) is 4.72. The summed E-state index contributed by atoms with van der Waals surface area (Å²) in [5.74, 6) is -0.351. The fraction of sp³-hybridized carbons (Fsp3) is 0.200. The van der Waals surface area contributed by atoms with Gasteiger partial charge in [-0.2, -0.15) is 0 Å². The summed E-state index contributed by atoms with van der Waals surface area (Å²) in [5, 5.41) is 2.95. The molecule has 0 radical (unpaired) electrons. The van der Waals surface area contributed by atoms with Crippen molar-refractivity contribution in [3.05, 3.63) is 29.8 Å². The zero-order valence-electron chi connectivity index (χ0n) is 8.03. The van der Waals surface area contributed by atoms with E-state index in [0.29, 0.717) is 10.6 Å². The molecule has 0 amide bonds. The molecular weight excluding hydrogens is 198 g/mol. The number of benzene rings is 1. The molecule has 0 aliphatic carbocycles. The number of rotatable bonds is 2. The van der Waals surface area contributed by atoms with Crippen molar-refractivity contribution in [2.24, 2.45) is 0 Å². The van der Waals surface area contributed by atoms with Crippen molar-refractivity contribution in [2.75, 3.05) is 12.4 Å². The maximum Gasteiger partial charge on any atom is 0.337 e. The highest BCUT2D eigenvalue weighted by atomic mass is 32.1. The van der Waals surface area contributed by atoms with Crippen LogP contribution in [0.3, 0.4) is 0 Å². The van der Waals surface area contributed by atoms with Crippen molar-refractivity contribution in [2.45, 2.75) is 6.92 Å². The van der Waals surface area contributed by atoms with Gasteiger partial charge in [0.1, 0.15) is 0 Å². The third-order valence-electron chi connectivity index (χ3n) is 1.60. The number of carbonyl (C=O) groups is 1. The largest absolute Gasteiger partial charge is 0.465 e. The minimum Gasteiger partial charge on any atom is -0.465 e. The standard InChI is InChI=1S/C10H11NO2S/c1-7(14)11-9-5-3-4-8(6-9)10(12)13-2/h3-6H,1-2H3,(H,11,14). The molecule has 1 aromatic carbocycles. The lowest BCUT2D eigenvalue weighted by molar-refractivity contribution is 0.0601. The number of thiocarbonyl (C=S) groups is 1. The van der Waals surface area contributed by atoms with Gasteiger partial charge in [-0.05, 0) is 25.1 Å². The first-order valence-electron chi connectivity index (χ1n) is 4.09. The summed E-state index contributed by atoms with van der Waals surface area (Å²) in [6, 6.07) is 6.99. The van der Waals surface area contributed by atoms with Gasteiger partial charge in [-0.1, -0.05) is 18.3 Å². The Morgan fingerprint density at radius 2 is 2.21 bits per heavy atom. The Bertz CT molecular complexity index is 363. The van der Waals surface area contributed by atoms with Crippen LogP contribution in [0.2, 0.25) is 0 Å². The molecule has 0 aliphatic rings. The van der Waals surface area contributed by atoms with Crippen LogP contribution in [0.5, 0.6) is 0 Å². The molecule has 0 fully saturated rings. The van der Waals surface area contributed by atoms with E-state index in [1.165, 1.54) is 7.11 Å². The summed E-state index contributed by atoms with van der Waals surface area (Å²) in [6.07, 6.45) is 0. The third-order valence-corrected chi connectivity index (χ3v) is 1.71. The van der Waals surface area contributed by atoms with Crippen molar-refractivity contribution in [1.82, 2.24) is 0 Å². The van der Waals surface area contributed by atoms with Crippen molar-refractivity contribution in [1.29, 1.82) is 0 Å². The number of methoxy groups -OCH3 is 1. The molecule has 14 heavy (non-hydrogen) atoms. The lowest BCUT2D eigenvalue weighted by Crippen LogP contribution is -2.06. The molecule has 0 unspecified atom stereocenters. The highest BCUT2D eigenvalue weighted by Crippen LogP contribution is 2.11. The predicted molar refractivity (Wildman–Crippen MR) is 59.7 cm³/mol.